The summed E-state index contributed by atoms with van der Waals surface area (Å²) in [7, 11) is -3.96. The standard InChI is InChI=1S/C11H13N3O4S/c1-6(11(15)16)19(17,18)14-8-3-4-9-10(5-8)13-7(2)12-9/h3-6,14H,1-2H3,(H,12,13)(H,15,16). The number of nitrogens with one attached hydrogen (secondary N) is 2. The smallest absolute Gasteiger partial charge is 0.323 e. The summed E-state index contributed by atoms with van der Waals surface area (Å²) in [6.07, 6.45) is 0. The van der Waals surface area contributed by atoms with E-state index in [-0.39, 0.29) is 0 Å². The number of aryl methyl sites for hydroxylation is 1. The fourth-order valence-corrected chi connectivity index (χ4v) is 2.48. The predicted molar refractivity (Wildman–Crippen MR) is 70.5 cm³/mol. The normalized spacial score (nSPS) is 13.4. The third kappa shape index (κ3) is 2.68. The number of carboxylic acids is 1. The van der Waals surface area contributed by atoms with Crippen molar-refractivity contribution < 1.29 is 18.3 Å². The molecule has 0 aliphatic heterocycles. The average molecular weight is 283 g/mol. The predicted octanol–water partition coefficient (Wildman–Crippen LogP) is 1.09. The van der Waals surface area contributed by atoms with Crippen molar-refractivity contribution in [2.45, 2.75) is 19.1 Å². The molecule has 3 N–H and O–H groups in total. The van der Waals surface area contributed by atoms with Gasteiger partial charge in [0.2, 0.25) is 10.0 Å². The van der Waals surface area contributed by atoms with Crippen molar-refractivity contribution in [3.05, 3.63) is 24.0 Å². The Balaban J connectivity index is 2.33. The summed E-state index contributed by atoms with van der Waals surface area (Å²) < 4.78 is 25.8. The van der Waals surface area contributed by atoms with Crippen molar-refractivity contribution >= 4 is 32.7 Å². The van der Waals surface area contributed by atoms with Gasteiger partial charge in [0.15, 0.2) is 5.25 Å². The first-order chi connectivity index (χ1) is 8.79. The number of aromatic amines is 1. The van der Waals surface area contributed by atoms with Gasteiger partial charge in [-0.2, -0.15) is 0 Å². The maximum absolute atomic E-state index is 11.8. The van der Waals surface area contributed by atoms with Crippen molar-refractivity contribution in [3.63, 3.8) is 0 Å². The van der Waals surface area contributed by atoms with Gasteiger partial charge in [-0.1, -0.05) is 0 Å². The Morgan fingerprint density at radius 2 is 2.16 bits per heavy atom. The van der Waals surface area contributed by atoms with E-state index >= 15 is 0 Å². The van der Waals surface area contributed by atoms with Crippen LogP contribution in [-0.4, -0.2) is 34.7 Å². The van der Waals surface area contributed by atoms with E-state index < -0.39 is 21.2 Å². The van der Waals surface area contributed by atoms with E-state index in [0.717, 1.165) is 6.92 Å². The largest absolute Gasteiger partial charge is 0.480 e. The second-order valence-electron chi connectivity index (χ2n) is 4.18. The Morgan fingerprint density at radius 3 is 2.79 bits per heavy atom. The molecule has 0 aliphatic rings. The number of hydrogen-bond acceptors (Lipinski definition) is 4. The molecule has 1 aromatic carbocycles. The van der Waals surface area contributed by atoms with Gasteiger partial charge >= 0.3 is 5.97 Å². The van der Waals surface area contributed by atoms with Crippen LogP contribution in [0.1, 0.15) is 12.7 Å². The van der Waals surface area contributed by atoms with Crippen molar-refractivity contribution in [3.8, 4) is 0 Å². The van der Waals surface area contributed by atoms with Gasteiger partial charge in [-0.05, 0) is 32.0 Å². The molecule has 1 heterocycles. The number of H-pyrrole nitrogens is 1. The van der Waals surface area contributed by atoms with Crippen LogP contribution >= 0.6 is 0 Å². The Kier molecular flexibility index (Phi) is 3.19. The third-order valence-corrected chi connectivity index (χ3v) is 4.33. The maximum atomic E-state index is 11.8. The number of imidazole rings is 1. The molecule has 0 saturated heterocycles. The molecule has 0 fully saturated rings. The van der Waals surface area contributed by atoms with Crippen LogP contribution in [0.15, 0.2) is 18.2 Å². The molecule has 0 spiro atoms. The number of rotatable bonds is 4. The number of aromatic nitrogens is 2. The van der Waals surface area contributed by atoms with E-state index in [9.17, 15) is 13.2 Å². The SMILES string of the molecule is Cc1nc2ccc(NS(=O)(=O)C(C)C(=O)O)cc2[nH]1. The van der Waals surface area contributed by atoms with Gasteiger partial charge in [0, 0.05) is 0 Å². The van der Waals surface area contributed by atoms with Gasteiger partial charge in [-0.15, -0.1) is 0 Å². The maximum Gasteiger partial charge on any atom is 0.323 e. The van der Waals surface area contributed by atoms with E-state index in [1.165, 1.54) is 6.07 Å². The summed E-state index contributed by atoms with van der Waals surface area (Å²) in [6, 6.07) is 4.76. The molecule has 0 aliphatic carbocycles. The van der Waals surface area contributed by atoms with Crippen LogP contribution < -0.4 is 4.72 Å². The fraction of sp³-hybridized carbons (Fsp3) is 0.273. The van der Waals surface area contributed by atoms with Gasteiger partial charge in [0.1, 0.15) is 5.82 Å². The topological polar surface area (TPSA) is 112 Å². The van der Waals surface area contributed by atoms with Crippen LogP contribution in [0.5, 0.6) is 0 Å². The molecule has 2 rings (SSSR count). The summed E-state index contributed by atoms with van der Waals surface area (Å²) in [6.45, 7) is 2.90. The molecule has 0 radical (unpaired) electrons. The summed E-state index contributed by atoms with van der Waals surface area (Å²) in [4.78, 5) is 17.9. The quantitative estimate of drug-likeness (QED) is 0.777. The van der Waals surface area contributed by atoms with Crippen molar-refractivity contribution in [2.75, 3.05) is 4.72 Å². The lowest BCUT2D eigenvalue weighted by atomic mass is 10.3. The molecule has 2 aromatic rings. The van der Waals surface area contributed by atoms with Gasteiger partial charge in [-0.3, -0.25) is 9.52 Å². The molecule has 102 valence electrons. The number of carboxylic acid groups (broad SMARTS) is 1. The third-order valence-electron chi connectivity index (χ3n) is 2.67. The summed E-state index contributed by atoms with van der Waals surface area (Å²) in [5, 5.41) is 7.21. The Morgan fingerprint density at radius 1 is 1.47 bits per heavy atom. The van der Waals surface area contributed by atoms with Crippen LogP contribution in [-0.2, 0) is 14.8 Å². The number of aliphatic carboxylic acids is 1. The second-order valence-corrected chi connectivity index (χ2v) is 6.18. The van der Waals surface area contributed by atoms with E-state index in [1.54, 1.807) is 19.1 Å². The van der Waals surface area contributed by atoms with Crippen LogP contribution in [0, 0.1) is 6.92 Å². The first-order valence-electron chi connectivity index (χ1n) is 5.50. The highest BCUT2D eigenvalue weighted by Crippen LogP contribution is 2.19. The molecule has 1 atom stereocenters. The minimum absolute atomic E-state index is 0.296. The summed E-state index contributed by atoms with van der Waals surface area (Å²) in [5.41, 5.74) is 1.69. The van der Waals surface area contributed by atoms with E-state index in [4.69, 9.17) is 5.11 Å². The molecule has 7 nitrogen and oxygen atoms in total. The monoisotopic (exact) mass is 283 g/mol. The molecular formula is C11H13N3O4S. The van der Waals surface area contributed by atoms with E-state index in [0.29, 0.717) is 22.5 Å². The number of nitrogens with zero attached hydrogens (tertiary/aromatic N) is 1. The zero-order chi connectivity index (χ0) is 14.2. The number of fused-ring (bicyclic) bond motifs is 1. The minimum Gasteiger partial charge on any atom is -0.480 e. The summed E-state index contributed by atoms with van der Waals surface area (Å²) >= 11 is 0. The molecule has 8 heteroatoms. The molecule has 0 amide bonds. The number of sulfonamides is 1. The molecule has 1 aromatic heterocycles. The summed E-state index contributed by atoms with van der Waals surface area (Å²) in [5.74, 6) is -0.681. The zero-order valence-electron chi connectivity index (χ0n) is 10.3. The molecule has 0 bridgehead atoms. The zero-order valence-corrected chi connectivity index (χ0v) is 11.2. The van der Waals surface area contributed by atoms with Crippen LogP contribution in [0.2, 0.25) is 0 Å². The Bertz CT molecular complexity index is 735. The van der Waals surface area contributed by atoms with Crippen molar-refractivity contribution in [1.82, 2.24) is 9.97 Å². The fourth-order valence-electron chi connectivity index (χ4n) is 1.59. The first kappa shape index (κ1) is 13.3. The van der Waals surface area contributed by atoms with Gasteiger partial charge in [0.05, 0.1) is 16.7 Å². The highest BCUT2D eigenvalue weighted by Gasteiger charge is 2.27. The van der Waals surface area contributed by atoms with Crippen molar-refractivity contribution in [1.29, 1.82) is 0 Å². The lowest BCUT2D eigenvalue weighted by Gasteiger charge is -2.11. The highest BCUT2D eigenvalue weighted by molar-refractivity contribution is 7.94. The van der Waals surface area contributed by atoms with Gasteiger partial charge < -0.3 is 10.1 Å². The number of anilines is 1. The molecule has 19 heavy (non-hydrogen) atoms. The van der Waals surface area contributed by atoms with Crippen LogP contribution in [0.4, 0.5) is 5.69 Å². The Labute approximate surface area is 109 Å². The molecule has 1 unspecified atom stereocenters. The number of hydrogen-bond donors (Lipinski definition) is 3. The molecular weight excluding hydrogens is 270 g/mol. The average Bonchev–Trinajstić information content (AvgIpc) is 2.66. The van der Waals surface area contributed by atoms with E-state index in [2.05, 4.69) is 14.7 Å². The lowest BCUT2D eigenvalue weighted by Crippen LogP contribution is -2.32. The van der Waals surface area contributed by atoms with Gasteiger partial charge in [0.25, 0.3) is 0 Å². The lowest BCUT2D eigenvalue weighted by molar-refractivity contribution is -0.136. The highest BCUT2D eigenvalue weighted by atomic mass is 32.2. The molecule has 0 saturated carbocycles. The first-order valence-corrected chi connectivity index (χ1v) is 7.05. The minimum atomic E-state index is -3.96. The number of carbonyl (C=O) groups is 1. The van der Waals surface area contributed by atoms with Gasteiger partial charge in [-0.25, -0.2) is 13.4 Å². The van der Waals surface area contributed by atoms with E-state index in [1.807, 2.05) is 0 Å². The Hall–Kier alpha value is -2.09. The number of benzene rings is 1. The van der Waals surface area contributed by atoms with Crippen molar-refractivity contribution in [2.24, 2.45) is 0 Å². The van der Waals surface area contributed by atoms with Crippen LogP contribution in [0.3, 0.4) is 0 Å². The van der Waals surface area contributed by atoms with Crippen LogP contribution in [0.25, 0.3) is 11.0 Å². The second kappa shape index (κ2) is 4.54.